The molecule has 0 saturated carbocycles. The molecule has 4 aromatic carbocycles. The van der Waals surface area contributed by atoms with Crippen LogP contribution in [0.3, 0.4) is 0 Å². The monoisotopic (exact) mass is 591 g/mol. The Balaban J connectivity index is 0.00000264. The lowest BCUT2D eigenvalue weighted by Gasteiger charge is -2.22. The largest absolute Gasteiger partial charge is 1.00 e. The Morgan fingerprint density at radius 2 is 1.74 bits per heavy atom. The summed E-state index contributed by atoms with van der Waals surface area (Å²) in [7, 11) is 3.40. The predicted molar refractivity (Wildman–Crippen MR) is 147 cm³/mol. The van der Waals surface area contributed by atoms with Crippen LogP contribution in [0.5, 0.6) is 23.0 Å². The highest BCUT2D eigenvalue weighted by Gasteiger charge is 2.35. The van der Waals surface area contributed by atoms with Crippen LogP contribution in [-0.4, -0.2) is 21.0 Å². The van der Waals surface area contributed by atoms with E-state index in [-0.39, 0.29) is 23.8 Å². The fourth-order valence-corrected chi connectivity index (χ4v) is 6.39. The van der Waals surface area contributed by atoms with E-state index in [1.807, 2.05) is 18.2 Å². The molecular formula is C31H27BrClNO4. The molecule has 0 atom stereocenters. The molecule has 3 heterocycles. The van der Waals surface area contributed by atoms with Gasteiger partial charge >= 0.3 is 0 Å². The van der Waals surface area contributed by atoms with E-state index in [0.29, 0.717) is 10.8 Å². The number of ether oxygens (including phenoxy) is 4. The Morgan fingerprint density at radius 3 is 2.47 bits per heavy atom. The van der Waals surface area contributed by atoms with E-state index in [2.05, 4.69) is 41.8 Å². The summed E-state index contributed by atoms with van der Waals surface area (Å²) in [5, 5.41) is 6.56. The van der Waals surface area contributed by atoms with Gasteiger partial charge in [-0.15, -0.1) is 0 Å². The maximum absolute atomic E-state index is 6.30. The van der Waals surface area contributed by atoms with Gasteiger partial charge < -0.3 is 35.9 Å². The van der Waals surface area contributed by atoms with Crippen molar-refractivity contribution in [2.24, 2.45) is 0 Å². The minimum absolute atomic E-state index is 0. The number of halogens is 2. The summed E-state index contributed by atoms with van der Waals surface area (Å²) in [4.78, 5) is 0. The van der Waals surface area contributed by atoms with Crippen molar-refractivity contribution in [3.63, 3.8) is 0 Å². The number of methoxy groups -OCH3 is 2. The van der Waals surface area contributed by atoms with E-state index in [1.165, 1.54) is 32.8 Å². The molecular weight excluding hydrogens is 566 g/mol. The third kappa shape index (κ3) is 3.46. The van der Waals surface area contributed by atoms with Gasteiger partial charge in [0.2, 0.25) is 18.0 Å². The van der Waals surface area contributed by atoms with E-state index in [0.717, 1.165) is 65.1 Å². The van der Waals surface area contributed by atoms with Crippen molar-refractivity contribution in [1.82, 2.24) is 0 Å². The van der Waals surface area contributed by atoms with Crippen molar-refractivity contribution >= 4 is 44.0 Å². The van der Waals surface area contributed by atoms with Crippen LogP contribution in [0.25, 0.3) is 43.7 Å². The molecule has 0 spiro atoms. The van der Waals surface area contributed by atoms with E-state index < -0.39 is 0 Å². The van der Waals surface area contributed by atoms with Crippen molar-refractivity contribution in [3.8, 4) is 34.3 Å². The standard InChI is InChI=1S/C31H27ClNO4.BrH/c1-4-5-18-14-22-21-10-11-23(34-2)30(35-3)27(21)28(17-6-8-20(32)9-7-17)33-13-12-19-15-24-31(37-16-36-24)26(18)25(19)29(22)33;/h6-11,14-15H,4-5,12-13,16H2,1-3H3;1H/q+1;/p-1. The second-order valence-corrected chi connectivity index (χ2v) is 10.1. The third-order valence-electron chi connectivity index (χ3n) is 7.73. The van der Waals surface area contributed by atoms with Gasteiger partial charge in [-0.2, -0.15) is 4.57 Å². The number of aryl methyl sites for hydroxylation is 3. The number of nitrogens with zero attached hydrogens (tertiary/aromatic N) is 1. The predicted octanol–water partition coefficient (Wildman–Crippen LogP) is 4.01. The van der Waals surface area contributed by atoms with Crippen LogP contribution < -0.4 is 40.5 Å². The molecule has 0 fully saturated rings. The number of hydrogen-bond donors (Lipinski definition) is 0. The minimum atomic E-state index is 0. The lowest BCUT2D eigenvalue weighted by molar-refractivity contribution is -0.659. The van der Waals surface area contributed by atoms with Gasteiger partial charge in [-0.25, -0.2) is 0 Å². The van der Waals surface area contributed by atoms with Crippen molar-refractivity contribution in [2.45, 2.75) is 32.7 Å². The molecule has 2 aliphatic rings. The number of rotatable bonds is 5. The van der Waals surface area contributed by atoms with Gasteiger partial charge in [0.1, 0.15) is 5.39 Å². The molecule has 0 saturated heterocycles. The van der Waals surface area contributed by atoms with Crippen LogP contribution in [0.2, 0.25) is 5.02 Å². The van der Waals surface area contributed by atoms with Gasteiger partial charge in [0.15, 0.2) is 29.5 Å². The fourth-order valence-electron chi connectivity index (χ4n) is 6.27. The lowest BCUT2D eigenvalue weighted by Crippen LogP contribution is -3.00. The summed E-state index contributed by atoms with van der Waals surface area (Å²) in [5.74, 6) is 3.19. The van der Waals surface area contributed by atoms with Crippen LogP contribution in [0, 0.1) is 0 Å². The van der Waals surface area contributed by atoms with Crippen LogP contribution in [0.15, 0.2) is 48.5 Å². The first-order valence-corrected chi connectivity index (χ1v) is 13.1. The Hall–Kier alpha value is -3.22. The maximum Gasteiger partial charge on any atom is 0.231 e. The Morgan fingerprint density at radius 1 is 0.921 bits per heavy atom. The topological polar surface area (TPSA) is 40.8 Å². The zero-order chi connectivity index (χ0) is 25.3. The number of benzene rings is 4. The van der Waals surface area contributed by atoms with Gasteiger partial charge in [-0.1, -0.05) is 24.9 Å². The lowest BCUT2D eigenvalue weighted by atomic mass is 9.87. The zero-order valence-corrected chi connectivity index (χ0v) is 23.8. The molecule has 5 nitrogen and oxygen atoms in total. The number of hydrogen-bond acceptors (Lipinski definition) is 4. The molecule has 0 unspecified atom stereocenters. The number of pyridine rings is 1. The van der Waals surface area contributed by atoms with E-state index in [9.17, 15) is 0 Å². The van der Waals surface area contributed by atoms with Gasteiger partial charge in [0.25, 0.3) is 0 Å². The average Bonchev–Trinajstić information content (AvgIpc) is 3.39. The summed E-state index contributed by atoms with van der Waals surface area (Å²) in [6.45, 7) is 3.32. The number of fused-ring (bicyclic) bond motifs is 4. The molecule has 2 aliphatic heterocycles. The second kappa shape index (κ2) is 9.51. The molecule has 1 aromatic heterocycles. The minimum Gasteiger partial charge on any atom is -1.00 e. The highest BCUT2D eigenvalue weighted by Crippen LogP contribution is 2.49. The highest BCUT2D eigenvalue weighted by molar-refractivity contribution is 6.30. The zero-order valence-electron chi connectivity index (χ0n) is 21.5. The number of aromatic nitrogens is 1. The normalized spacial score (nSPS) is 13.4. The summed E-state index contributed by atoms with van der Waals surface area (Å²) in [6, 6.07) is 16.8. The van der Waals surface area contributed by atoms with Gasteiger partial charge in [0, 0.05) is 27.8 Å². The molecule has 0 bridgehead atoms. The first-order chi connectivity index (χ1) is 18.1. The van der Waals surface area contributed by atoms with Crippen LogP contribution in [-0.2, 0) is 19.4 Å². The van der Waals surface area contributed by atoms with Gasteiger partial charge in [-0.05, 0) is 66.1 Å². The summed E-state index contributed by atoms with van der Waals surface area (Å²) >= 11 is 6.30. The summed E-state index contributed by atoms with van der Waals surface area (Å²) in [6.07, 6.45) is 2.89. The van der Waals surface area contributed by atoms with Crippen molar-refractivity contribution in [3.05, 3.63) is 64.7 Å². The highest BCUT2D eigenvalue weighted by atomic mass is 79.9. The Kier molecular flexibility index (Phi) is 6.28. The smallest absolute Gasteiger partial charge is 0.231 e. The molecule has 7 heteroatoms. The summed E-state index contributed by atoms with van der Waals surface area (Å²) in [5.41, 5.74) is 6.00. The van der Waals surface area contributed by atoms with E-state index in [1.54, 1.807) is 14.2 Å². The molecule has 38 heavy (non-hydrogen) atoms. The Labute approximate surface area is 236 Å². The molecule has 0 N–H and O–H groups in total. The molecule has 0 radical (unpaired) electrons. The SMILES string of the molecule is CCCc1cc2c3ccc(OC)c(OC)c3c(-c3ccc(Cl)cc3)[n+]3c2c2c(cc4c(c12)OCO4)CC3.[Br-]. The van der Waals surface area contributed by atoms with E-state index >= 15 is 0 Å². The third-order valence-corrected chi connectivity index (χ3v) is 7.98. The van der Waals surface area contributed by atoms with Crippen LogP contribution in [0.4, 0.5) is 0 Å². The van der Waals surface area contributed by atoms with Gasteiger partial charge in [0.05, 0.1) is 25.0 Å². The molecule has 194 valence electrons. The van der Waals surface area contributed by atoms with Crippen LogP contribution in [0.1, 0.15) is 24.5 Å². The van der Waals surface area contributed by atoms with Crippen LogP contribution >= 0.6 is 11.6 Å². The Bertz CT molecular complexity index is 1750. The molecule has 7 rings (SSSR count). The quantitative estimate of drug-likeness (QED) is 0.229. The molecule has 0 amide bonds. The molecule has 5 aromatic rings. The molecule has 0 aliphatic carbocycles. The van der Waals surface area contributed by atoms with Crippen molar-refractivity contribution in [1.29, 1.82) is 0 Å². The second-order valence-electron chi connectivity index (χ2n) is 9.68. The first kappa shape index (κ1) is 25.1. The van der Waals surface area contributed by atoms with Crippen molar-refractivity contribution in [2.75, 3.05) is 21.0 Å². The van der Waals surface area contributed by atoms with E-state index in [4.69, 9.17) is 30.5 Å². The summed E-state index contributed by atoms with van der Waals surface area (Å²) < 4.78 is 26.2. The van der Waals surface area contributed by atoms with Crippen molar-refractivity contribution < 1.29 is 40.5 Å². The maximum atomic E-state index is 6.30. The average molecular weight is 593 g/mol. The first-order valence-electron chi connectivity index (χ1n) is 12.7. The van der Waals surface area contributed by atoms with Gasteiger partial charge in [-0.3, -0.25) is 0 Å². The fraction of sp³-hybridized carbons (Fsp3) is 0.258.